The minimum Gasteiger partial charge on any atom is -0.478 e. The van der Waals surface area contributed by atoms with Crippen LogP contribution in [0.5, 0.6) is 17.2 Å². The molecule has 0 aliphatic carbocycles. The normalized spacial score (nSPS) is 11.4. The molecule has 0 saturated heterocycles. The maximum absolute atomic E-state index is 13.2. The van der Waals surface area contributed by atoms with Gasteiger partial charge in [0.15, 0.2) is 5.75 Å². The molecule has 0 heterocycles. The third-order valence-electron chi connectivity index (χ3n) is 8.08. The first-order valence-electron chi connectivity index (χ1n) is 16.5. The van der Waals surface area contributed by atoms with Crippen molar-refractivity contribution in [1.82, 2.24) is 0 Å². The highest BCUT2D eigenvalue weighted by Crippen LogP contribution is 2.26. The van der Waals surface area contributed by atoms with Crippen LogP contribution >= 0.6 is 0 Å². The number of carboxylic acids is 1. The summed E-state index contributed by atoms with van der Waals surface area (Å²) in [4.78, 5) is 40.8. The Morgan fingerprint density at radius 2 is 1.21 bits per heavy atom. The molecule has 0 saturated carbocycles. The highest BCUT2D eigenvalue weighted by atomic mass is 32.2. The van der Waals surface area contributed by atoms with Gasteiger partial charge in [-0.25, -0.2) is 18.7 Å². The summed E-state index contributed by atoms with van der Waals surface area (Å²) in [6.07, 6.45) is 1.21. The molecule has 0 fully saturated rings. The van der Waals surface area contributed by atoms with E-state index in [-0.39, 0.29) is 46.5 Å². The monoisotopic (exact) mass is 730 g/mol. The van der Waals surface area contributed by atoms with Crippen molar-refractivity contribution in [3.8, 4) is 17.2 Å². The van der Waals surface area contributed by atoms with Gasteiger partial charge >= 0.3 is 11.9 Å². The third-order valence-corrected chi connectivity index (χ3v) is 9.07. The van der Waals surface area contributed by atoms with E-state index < -0.39 is 23.0 Å². The predicted octanol–water partition coefficient (Wildman–Crippen LogP) is 8.39. The number of carboxylic acid groups (broad SMARTS) is 1. The lowest BCUT2D eigenvalue weighted by Gasteiger charge is -2.12. The Labute approximate surface area is 308 Å². The molecule has 6 aromatic rings. The van der Waals surface area contributed by atoms with E-state index >= 15 is 0 Å². The second kappa shape index (κ2) is 17.9. The summed E-state index contributed by atoms with van der Waals surface area (Å²) in [5.74, 6) is -1.58. The van der Waals surface area contributed by atoms with E-state index in [4.69, 9.17) is 24.0 Å². The van der Waals surface area contributed by atoms with E-state index in [2.05, 4.69) is 4.89 Å². The van der Waals surface area contributed by atoms with Gasteiger partial charge in [-0.1, -0.05) is 97.1 Å². The molecule has 1 unspecified atom stereocenters. The van der Waals surface area contributed by atoms with Gasteiger partial charge in [0.2, 0.25) is 11.1 Å². The Hall–Kier alpha value is -6.11. The molecule has 0 aliphatic rings. The van der Waals surface area contributed by atoms with Crippen LogP contribution in [-0.4, -0.2) is 26.5 Å². The number of rotatable bonds is 16. The van der Waals surface area contributed by atoms with Crippen LogP contribution in [-0.2, 0) is 46.9 Å². The van der Waals surface area contributed by atoms with Gasteiger partial charge < -0.3 is 18.9 Å². The van der Waals surface area contributed by atoms with Gasteiger partial charge in [0.25, 0.3) is 0 Å². The maximum Gasteiger partial charge on any atom is 0.344 e. The Kier molecular flexibility index (Phi) is 12.4. The first-order chi connectivity index (χ1) is 25.8. The van der Waals surface area contributed by atoms with Gasteiger partial charge in [0.05, 0.1) is 16.0 Å². The molecule has 0 aromatic heterocycles. The smallest absolute Gasteiger partial charge is 0.344 e. The molecule has 53 heavy (non-hydrogen) atoms. The van der Waals surface area contributed by atoms with Gasteiger partial charge in [0.1, 0.15) is 24.7 Å². The average molecular weight is 731 g/mol. The van der Waals surface area contributed by atoms with Crippen LogP contribution in [0.25, 0.3) is 0 Å². The topological polar surface area (TPSA) is 138 Å². The molecule has 0 spiro atoms. The van der Waals surface area contributed by atoms with Crippen molar-refractivity contribution in [3.05, 3.63) is 190 Å². The molecule has 0 radical (unpaired) electrons. The molecule has 6 aromatic carbocycles. The molecule has 11 heteroatoms. The SMILES string of the molecule is O=C(O)c1ccc(Cc2ccccc2)cc1C(=O)Oc1cccc(S(=O)Oc2cccc(OOCc3cc(Cc4ccccc4)ccc3COO)c2)c1. The first-order valence-corrected chi connectivity index (χ1v) is 17.5. The number of carbonyl (C=O) groups excluding carboxylic acids is 1. The Bertz CT molecular complexity index is 2210. The zero-order valence-corrected chi connectivity index (χ0v) is 29.1. The summed E-state index contributed by atoms with van der Waals surface area (Å²) in [5, 5.41) is 18.8. The maximum atomic E-state index is 13.2. The Balaban J connectivity index is 1.08. The summed E-state index contributed by atoms with van der Waals surface area (Å²) in [6.45, 7) is 0.0281. The van der Waals surface area contributed by atoms with E-state index in [1.165, 1.54) is 30.3 Å². The van der Waals surface area contributed by atoms with Gasteiger partial charge in [-0.05, 0) is 82.6 Å². The average Bonchev–Trinajstić information content (AvgIpc) is 3.17. The molecule has 0 aliphatic heterocycles. The van der Waals surface area contributed by atoms with Crippen LogP contribution < -0.4 is 13.8 Å². The first kappa shape index (κ1) is 36.7. The van der Waals surface area contributed by atoms with Crippen LogP contribution in [0.15, 0.2) is 150 Å². The van der Waals surface area contributed by atoms with E-state index in [0.717, 1.165) is 33.4 Å². The summed E-state index contributed by atoms with van der Waals surface area (Å²) < 4.78 is 24.4. The van der Waals surface area contributed by atoms with Gasteiger partial charge in [-0.15, -0.1) is 0 Å². The lowest BCUT2D eigenvalue weighted by molar-refractivity contribution is -0.253. The van der Waals surface area contributed by atoms with Crippen molar-refractivity contribution in [2.45, 2.75) is 31.0 Å². The molecule has 0 bridgehead atoms. The van der Waals surface area contributed by atoms with E-state index in [0.29, 0.717) is 12.8 Å². The molecule has 1 atom stereocenters. The summed E-state index contributed by atoms with van der Waals surface area (Å²) in [7, 11) is 0. The van der Waals surface area contributed by atoms with Gasteiger partial charge in [0, 0.05) is 12.1 Å². The van der Waals surface area contributed by atoms with Crippen molar-refractivity contribution in [1.29, 1.82) is 0 Å². The molecular formula is C42H34O10S. The fraction of sp³-hybridized carbons (Fsp3) is 0.0952. The number of esters is 1. The highest BCUT2D eigenvalue weighted by Gasteiger charge is 2.20. The van der Waals surface area contributed by atoms with Crippen LogP contribution in [0.1, 0.15) is 54.1 Å². The Morgan fingerprint density at radius 1 is 0.566 bits per heavy atom. The fourth-order valence-electron chi connectivity index (χ4n) is 5.53. The molecule has 2 N–H and O–H groups in total. The minimum absolute atomic E-state index is 0.0227. The van der Waals surface area contributed by atoms with Crippen molar-refractivity contribution < 1.29 is 47.7 Å². The number of hydrogen-bond donors (Lipinski definition) is 2. The minimum atomic E-state index is -2.03. The summed E-state index contributed by atoms with van der Waals surface area (Å²) in [6, 6.07) is 42.3. The predicted molar refractivity (Wildman–Crippen MR) is 196 cm³/mol. The Morgan fingerprint density at radius 3 is 1.91 bits per heavy atom. The molecule has 268 valence electrons. The van der Waals surface area contributed by atoms with Crippen LogP contribution in [0.4, 0.5) is 0 Å². The number of carbonyl (C=O) groups is 2. The fourth-order valence-corrected chi connectivity index (χ4v) is 6.31. The number of ether oxygens (including phenoxy) is 1. The number of aromatic carboxylic acids is 1. The molecular weight excluding hydrogens is 697 g/mol. The van der Waals surface area contributed by atoms with Gasteiger partial charge in [-0.3, -0.25) is 5.26 Å². The van der Waals surface area contributed by atoms with E-state index in [1.807, 2.05) is 78.9 Å². The zero-order chi connectivity index (χ0) is 37.0. The van der Waals surface area contributed by atoms with Crippen LogP contribution in [0, 0.1) is 0 Å². The second-order valence-electron chi connectivity index (χ2n) is 11.9. The van der Waals surface area contributed by atoms with Crippen LogP contribution in [0.3, 0.4) is 0 Å². The quantitative estimate of drug-likeness (QED) is 0.0432. The summed E-state index contributed by atoms with van der Waals surface area (Å²) in [5.41, 5.74) is 5.13. The van der Waals surface area contributed by atoms with Crippen molar-refractivity contribution in [3.63, 3.8) is 0 Å². The van der Waals surface area contributed by atoms with E-state index in [1.54, 1.807) is 36.4 Å². The lowest BCUT2D eigenvalue weighted by atomic mass is 9.99. The van der Waals surface area contributed by atoms with Gasteiger partial charge in [-0.2, -0.15) is 4.89 Å². The largest absolute Gasteiger partial charge is 0.478 e. The number of benzene rings is 6. The molecule has 10 nitrogen and oxygen atoms in total. The standard InChI is InChI=1S/C42H34O10S/c43-41(44)39-20-18-32(22-30-11-5-2-6-12-30)24-40(39)42(45)50-35-13-8-16-38(26-35)53(47)52-37-15-7-14-36(25-37)51-49-28-34-23-31(17-19-33(34)27-48-46)21-29-9-3-1-4-10-29/h1-20,23-26,46H,21-22,27-28H2,(H,43,44). The van der Waals surface area contributed by atoms with Crippen molar-refractivity contribution >= 4 is 23.0 Å². The second-order valence-corrected chi connectivity index (χ2v) is 13.0. The molecule has 0 amide bonds. The van der Waals surface area contributed by atoms with Crippen LogP contribution in [0.2, 0.25) is 0 Å². The highest BCUT2D eigenvalue weighted by molar-refractivity contribution is 7.80. The van der Waals surface area contributed by atoms with Crippen molar-refractivity contribution in [2.75, 3.05) is 0 Å². The third kappa shape index (κ3) is 10.2. The van der Waals surface area contributed by atoms with Crippen molar-refractivity contribution in [2.24, 2.45) is 0 Å². The number of hydrogen-bond acceptors (Lipinski definition) is 9. The summed E-state index contributed by atoms with van der Waals surface area (Å²) >= 11 is -2.03. The zero-order valence-electron chi connectivity index (χ0n) is 28.3. The van der Waals surface area contributed by atoms with E-state index in [9.17, 15) is 18.9 Å². The lowest BCUT2D eigenvalue weighted by Crippen LogP contribution is -2.15. The molecule has 6 rings (SSSR count).